The van der Waals surface area contributed by atoms with Crippen LogP contribution in [0.15, 0.2) is 42.7 Å². The summed E-state index contributed by atoms with van der Waals surface area (Å²) in [5, 5.41) is 0. The predicted octanol–water partition coefficient (Wildman–Crippen LogP) is 4.32. The lowest BCUT2D eigenvalue weighted by molar-refractivity contribution is -0.137. The van der Waals surface area contributed by atoms with Crippen LogP contribution in [0.3, 0.4) is 0 Å². The smallest absolute Gasteiger partial charge is 0.264 e. The maximum atomic E-state index is 12.9. The normalized spacial score (nSPS) is 11.0. The Morgan fingerprint density at radius 1 is 1.17 bits per heavy atom. The minimum absolute atomic E-state index is 0.0306. The zero-order valence-electron chi connectivity index (χ0n) is 9.07. The maximum absolute atomic E-state index is 12.9. The van der Waals surface area contributed by atoms with E-state index in [0.717, 1.165) is 6.07 Å². The van der Waals surface area contributed by atoms with E-state index >= 15 is 0 Å². The van der Waals surface area contributed by atoms with Crippen molar-refractivity contribution in [2.24, 2.45) is 0 Å². The van der Waals surface area contributed by atoms with Gasteiger partial charge in [-0.05, 0) is 17.7 Å². The van der Waals surface area contributed by atoms with Gasteiger partial charge in [0, 0.05) is 18.0 Å². The van der Waals surface area contributed by atoms with Crippen LogP contribution in [0.25, 0.3) is 16.0 Å². The molecule has 1 aromatic carbocycles. The molecule has 2 aromatic rings. The van der Waals surface area contributed by atoms with E-state index in [-0.39, 0.29) is 11.3 Å². The second kappa shape index (κ2) is 4.49. The molecule has 0 saturated heterocycles. The summed E-state index contributed by atoms with van der Waals surface area (Å²) in [5.41, 5.74) is -0.441. The van der Waals surface area contributed by atoms with Gasteiger partial charge in [0.25, 0.3) is 0 Å². The van der Waals surface area contributed by atoms with Crippen LogP contribution in [0.1, 0.15) is 5.56 Å². The number of pyridine rings is 1. The van der Waals surface area contributed by atoms with Crippen LogP contribution < -0.4 is 0 Å². The summed E-state index contributed by atoms with van der Waals surface area (Å²) in [4.78, 5) is 6.81. The molecule has 1 heterocycles. The van der Waals surface area contributed by atoms with E-state index in [1.54, 1.807) is 12.1 Å². The summed E-state index contributed by atoms with van der Waals surface area (Å²) in [6.07, 6.45) is -1.64. The largest absolute Gasteiger partial charge is 0.415 e. The van der Waals surface area contributed by atoms with E-state index in [0.29, 0.717) is 5.56 Å². The summed E-state index contributed by atoms with van der Waals surface area (Å²) in [5.74, 6) is 0. The Balaban J connectivity index is 2.65. The van der Waals surface area contributed by atoms with E-state index in [1.165, 1.54) is 24.5 Å². The lowest BCUT2D eigenvalue weighted by atomic mass is 10.00. The molecule has 2 nitrogen and oxygen atoms in total. The van der Waals surface area contributed by atoms with Crippen molar-refractivity contribution in [1.29, 1.82) is 0 Å². The number of halogens is 3. The van der Waals surface area contributed by atoms with Gasteiger partial charge in [-0.2, -0.15) is 13.2 Å². The monoisotopic (exact) mass is 248 g/mol. The Bertz CT molecular complexity index is 598. The molecule has 18 heavy (non-hydrogen) atoms. The van der Waals surface area contributed by atoms with Crippen LogP contribution in [0.4, 0.5) is 18.9 Å². The van der Waals surface area contributed by atoms with E-state index in [9.17, 15) is 13.2 Å². The number of aromatic nitrogens is 1. The van der Waals surface area contributed by atoms with Gasteiger partial charge in [-0.25, -0.2) is 4.85 Å². The molecule has 0 aliphatic carbocycles. The quantitative estimate of drug-likeness (QED) is 0.687. The molecule has 0 saturated carbocycles. The predicted molar refractivity (Wildman–Crippen MR) is 60.9 cm³/mol. The van der Waals surface area contributed by atoms with E-state index in [2.05, 4.69) is 9.83 Å². The van der Waals surface area contributed by atoms with Crippen molar-refractivity contribution in [2.75, 3.05) is 0 Å². The van der Waals surface area contributed by atoms with Crippen molar-refractivity contribution >= 4 is 5.69 Å². The summed E-state index contributed by atoms with van der Waals surface area (Å²) in [6.45, 7) is 6.77. The number of benzene rings is 1. The van der Waals surface area contributed by atoms with Crippen molar-refractivity contribution in [3.63, 3.8) is 0 Å². The van der Waals surface area contributed by atoms with Gasteiger partial charge in [-0.15, -0.1) is 0 Å². The fraction of sp³-hybridized carbons (Fsp3) is 0.0769. The second-order valence-corrected chi connectivity index (χ2v) is 3.58. The minimum atomic E-state index is -4.49. The number of alkyl halides is 3. The van der Waals surface area contributed by atoms with Crippen molar-refractivity contribution in [1.82, 2.24) is 4.98 Å². The highest BCUT2D eigenvalue weighted by Gasteiger charge is 2.33. The van der Waals surface area contributed by atoms with Crippen molar-refractivity contribution in [3.8, 4) is 11.1 Å². The fourth-order valence-electron chi connectivity index (χ4n) is 1.61. The van der Waals surface area contributed by atoms with Crippen molar-refractivity contribution in [3.05, 3.63) is 59.7 Å². The third-order valence-electron chi connectivity index (χ3n) is 2.41. The highest BCUT2D eigenvalue weighted by Crippen LogP contribution is 2.38. The van der Waals surface area contributed by atoms with Crippen molar-refractivity contribution in [2.45, 2.75) is 6.18 Å². The summed E-state index contributed by atoms with van der Waals surface area (Å²) in [6, 6.07) is 6.64. The molecular formula is C13H7F3N2. The second-order valence-electron chi connectivity index (χ2n) is 3.58. The lowest BCUT2D eigenvalue weighted by Crippen LogP contribution is -2.07. The molecule has 0 fully saturated rings. The first kappa shape index (κ1) is 12.1. The van der Waals surface area contributed by atoms with Gasteiger partial charge >= 0.3 is 6.18 Å². The third kappa shape index (κ3) is 2.33. The van der Waals surface area contributed by atoms with E-state index < -0.39 is 11.7 Å². The van der Waals surface area contributed by atoms with Crippen LogP contribution in [-0.4, -0.2) is 4.98 Å². The number of hydrogen-bond acceptors (Lipinski definition) is 1. The highest BCUT2D eigenvalue weighted by atomic mass is 19.4. The Labute approximate surface area is 102 Å². The minimum Gasteiger partial charge on any atom is -0.264 e. The Kier molecular flexibility index (Phi) is 3.02. The number of nitrogens with zero attached hydrogens (tertiary/aromatic N) is 2. The molecule has 90 valence electrons. The maximum Gasteiger partial charge on any atom is 0.415 e. The Hall–Kier alpha value is -2.35. The van der Waals surface area contributed by atoms with Gasteiger partial charge in [0.15, 0.2) is 5.69 Å². The topological polar surface area (TPSA) is 17.2 Å². The Morgan fingerprint density at radius 3 is 2.50 bits per heavy atom. The first-order valence-electron chi connectivity index (χ1n) is 5.01. The van der Waals surface area contributed by atoms with Gasteiger partial charge in [0.1, 0.15) is 0 Å². The van der Waals surface area contributed by atoms with Gasteiger partial charge in [-0.1, -0.05) is 18.2 Å². The standard InChI is InChI=1S/C13H7F3N2/c1-17-10-4-5-11(9-3-2-6-18-8-9)12(7-10)13(14,15)16/h2-8H. The fourth-order valence-corrected chi connectivity index (χ4v) is 1.61. The van der Waals surface area contributed by atoms with Gasteiger partial charge in [-0.3, -0.25) is 4.98 Å². The molecule has 0 bridgehead atoms. The third-order valence-corrected chi connectivity index (χ3v) is 2.41. The van der Waals surface area contributed by atoms with E-state index in [1.807, 2.05) is 0 Å². The molecule has 0 aliphatic heterocycles. The molecule has 0 spiro atoms. The molecular weight excluding hydrogens is 241 g/mol. The molecule has 0 amide bonds. The molecule has 0 radical (unpaired) electrons. The van der Waals surface area contributed by atoms with Crippen molar-refractivity contribution < 1.29 is 13.2 Å². The Morgan fingerprint density at radius 2 is 1.94 bits per heavy atom. The van der Waals surface area contributed by atoms with Crippen LogP contribution in [0.2, 0.25) is 0 Å². The van der Waals surface area contributed by atoms with Gasteiger partial charge in [0.05, 0.1) is 12.1 Å². The molecule has 0 atom stereocenters. The molecule has 5 heteroatoms. The molecule has 0 N–H and O–H groups in total. The summed E-state index contributed by atoms with van der Waals surface area (Å²) in [7, 11) is 0. The molecule has 0 unspecified atom stereocenters. The average molecular weight is 248 g/mol. The molecule has 2 rings (SSSR count). The summed E-state index contributed by atoms with van der Waals surface area (Å²) >= 11 is 0. The summed E-state index contributed by atoms with van der Waals surface area (Å²) < 4.78 is 38.8. The molecule has 0 aliphatic rings. The van der Waals surface area contributed by atoms with Crippen LogP contribution in [-0.2, 0) is 6.18 Å². The average Bonchev–Trinajstić information content (AvgIpc) is 2.38. The zero-order valence-corrected chi connectivity index (χ0v) is 9.07. The number of hydrogen-bond donors (Lipinski definition) is 0. The zero-order chi connectivity index (χ0) is 13.2. The van der Waals surface area contributed by atoms with Gasteiger partial charge < -0.3 is 0 Å². The van der Waals surface area contributed by atoms with Crippen LogP contribution in [0, 0.1) is 6.57 Å². The van der Waals surface area contributed by atoms with Crippen LogP contribution >= 0.6 is 0 Å². The van der Waals surface area contributed by atoms with E-state index in [4.69, 9.17) is 6.57 Å². The van der Waals surface area contributed by atoms with Crippen LogP contribution in [0.5, 0.6) is 0 Å². The SMILES string of the molecule is [C-]#[N+]c1ccc(-c2cccnc2)c(C(F)(F)F)c1. The lowest BCUT2D eigenvalue weighted by Gasteiger charge is -2.13. The first-order valence-corrected chi connectivity index (χ1v) is 5.01. The first-order chi connectivity index (χ1) is 8.52. The van der Waals surface area contributed by atoms with Gasteiger partial charge in [0.2, 0.25) is 0 Å². The molecule has 1 aromatic heterocycles. The number of rotatable bonds is 1. The highest BCUT2D eigenvalue weighted by molar-refractivity contribution is 5.70.